The fourth-order valence-corrected chi connectivity index (χ4v) is 2.49. The Morgan fingerprint density at radius 3 is 3.00 bits per heavy atom. The highest BCUT2D eigenvalue weighted by molar-refractivity contribution is 5.39. The normalized spacial score (nSPS) is 19.2. The lowest BCUT2D eigenvalue weighted by molar-refractivity contribution is 0.339. The van der Waals surface area contributed by atoms with Gasteiger partial charge in [-0.05, 0) is 42.5 Å². The molecule has 0 spiro atoms. The molecule has 1 aliphatic rings. The molecule has 0 bridgehead atoms. The van der Waals surface area contributed by atoms with Gasteiger partial charge in [0.15, 0.2) is 0 Å². The van der Waals surface area contributed by atoms with E-state index in [0.29, 0.717) is 5.92 Å². The molecule has 2 rings (SSSR count). The highest BCUT2D eigenvalue weighted by Gasteiger charge is 2.19. The van der Waals surface area contributed by atoms with Crippen LogP contribution in [0.15, 0.2) is 18.2 Å². The molecule has 1 atom stereocenters. The van der Waals surface area contributed by atoms with E-state index in [1.54, 1.807) is 0 Å². The highest BCUT2D eigenvalue weighted by atomic mass is 16.5. The van der Waals surface area contributed by atoms with Crippen LogP contribution in [0.4, 0.5) is 0 Å². The van der Waals surface area contributed by atoms with E-state index in [1.165, 1.54) is 24.0 Å². The lowest BCUT2D eigenvalue weighted by Crippen LogP contribution is -2.28. The molecule has 1 heterocycles. The fraction of sp³-hybridized carbons (Fsp3) is 0.571. The molecule has 88 valence electrons. The molecule has 0 aliphatic carbocycles. The van der Waals surface area contributed by atoms with Gasteiger partial charge < -0.3 is 10.1 Å². The summed E-state index contributed by atoms with van der Waals surface area (Å²) in [5.74, 6) is 1.68. The number of ether oxygens (including phenoxy) is 1. The van der Waals surface area contributed by atoms with Gasteiger partial charge in [-0.15, -0.1) is 0 Å². The van der Waals surface area contributed by atoms with Crippen LogP contribution >= 0.6 is 0 Å². The van der Waals surface area contributed by atoms with E-state index in [0.717, 1.165) is 25.4 Å². The van der Waals surface area contributed by atoms with Gasteiger partial charge in [-0.25, -0.2) is 0 Å². The zero-order chi connectivity index (χ0) is 11.4. The topological polar surface area (TPSA) is 21.3 Å². The Balaban J connectivity index is 2.22. The number of fused-ring (bicyclic) bond motifs is 1. The summed E-state index contributed by atoms with van der Waals surface area (Å²) < 4.78 is 5.54. The van der Waals surface area contributed by atoms with Crippen molar-refractivity contribution < 1.29 is 4.74 Å². The van der Waals surface area contributed by atoms with Crippen LogP contribution in [0.5, 0.6) is 5.75 Å². The van der Waals surface area contributed by atoms with Crippen molar-refractivity contribution in [3.63, 3.8) is 0 Å². The van der Waals surface area contributed by atoms with Crippen LogP contribution in [0.25, 0.3) is 0 Å². The maximum absolute atomic E-state index is 5.54. The monoisotopic (exact) mass is 219 g/mol. The van der Waals surface area contributed by atoms with Gasteiger partial charge in [-0.2, -0.15) is 0 Å². The van der Waals surface area contributed by atoms with Crippen molar-refractivity contribution in [2.24, 2.45) is 0 Å². The Kier molecular flexibility index (Phi) is 3.83. The number of nitrogens with one attached hydrogen (secondary N) is 1. The van der Waals surface area contributed by atoms with Crippen molar-refractivity contribution in [2.75, 3.05) is 13.2 Å². The summed E-state index contributed by atoms with van der Waals surface area (Å²) in [5, 5.41) is 3.49. The number of hydrogen-bond acceptors (Lipinski definition) is 2. The summed E-state index contributed by atoms with van der Waals surface area (Å²) >= 11 is 0. The van der Waals surface area contributed by atoms with Gasteiger partial charge in [-0.3, -0.25) is 0 Å². The van der Waals surface area contributed by atoms with Gasteiger partial charge in [-0.1, -0.05) is 19.4 Å². The van der Waals surface area contributed by atoms with Crippen LogP contribution in [0.1, 0.15) is 43.7 Å². The van der Waals surface area contributed by atoms with Gasteiger partial charge in [0.2, 0.25) is 0 Å². The quantitative estimate of drug-likeness (QED) is 0.840. The molecule has 0 radical (unpaired) electrons. The van der Waals surface area contributed by atoms with E-state index < -0.39 is 0 Å². The standard InChI is InChI=1S/C14H21NO/c1-3-5-11-9-15-10-12-8-13(16-4-2)6-7-14(11)12/h6-8,11,15H,3-5,9-10H2,1-2H3. The second-order valence-electron chi connectivity index (χ2n) is 4.41. The lowest BCUT2D eigenvalue weighted by atomic mass is 9.88. The predicted octanol–water partition coefficient (Wildman–Crippen LogP) is 3.07. The number of benzene rings is 1. The molecule has 2 heteroatoms. The third kappa shape index (κ3) is 2.38. The minimum atomic E-state index is 0.685. The molecule has 1 aromatic rings. The molecule has 1 aromatic carbocycles. The molecular weight excluding hydrogens is 198 g/mol. The molecule has 0 fully saturated rings. The summed E-state index contributed by atoms with van der Waals surface area (Å²) in [5.41, 5.74) is 2.93. The predicted molar refractivity (Wildman–Crippen MR) is 67.0 cm³/mol. The van der Waals surface area contributed by atoms with Gasteiger partial charge in [0, 0.05) is 13.1 Å². The van der Waals surface area contributed by atoms with E-state index in [-0.39, 0.29) is 0 Å². The van der Waals surface area contributed by atoms with E-state index >= 15 is 0 Å². The van der Waals surface area contributed by atoms with Crippen LogP contribution in [0, 0.1) is 0 Å². The smallest absolute Gasteiger partial charge is 0.119 e. The fourth-order valence-electron chi connectivity index (χ4n) is 2.49. The zero-order valence-corrected chi connectivity index (χ0v) is 10.3. The Morgan fingerprint density at radius 2 is 2.25 bits per heavy atom. The average molecular weight is 219 g/mol. The third-order valence-corrected chi connectivity index (χ3v) is 3.21. The minimum absolute atomic E-state index is 0.685. The van der Waals surface area contributed by atoms with Crippen LogP contribution in [0.3, 0.4) is 0 Å². The first-order valence-corrected chi connectivity index (χ1v) is 6.31. The van der Waals surface area contributed by atoms with E-state index in [9.17, 15) is 0 Å². The van der Waals surface area contributed by atoms with Crippen molar-refractivity contribution in [3.8, 4) is 5.75 Å². The molecule has 0 saturated carbocycles. The van der Waals surface area contributed by atoms with Crippen molar-refractivity contribution in [2.45, 2.75) is 39.2 Å². The van der Waals surface area contributed by atoms with E-state index in [1.807, 2.05) is 6.92 Å². The first kappa shape index (κ1) is 11.5. The van der Waals surface area contributed by atoms with Gasteiger partial charge in [0.05, 0.1) is 6.61 Å². The average Bonchev–Trinajstić information content (AvgIpc) is 2.30. The van der Waals surface area contributed by atoms with Crippen molar-refractivity contribution in [1.29, 1.82) is 0 Å². The van der Waals surface area contributed by atoms with Crippen molar-refractivity contribution in [3.05, 3.63) is 29.3 Å². The Morgan fingerprint density at radius 1 is 1.38 bits per heavy atom. The molecule has 2 nitrogen and oxygen atoms in total. The molecule has 1 N–H and O–H groups in total. The van der Waals surface area contributed by atoms with Crippen LogP contribution < -0.4 is 10.1 Å². The van der Waals surface area contributed by atoms with Crippen LogP contribution in [0.2, 0.25) is 0 Å². The molecule has 1 aliphatic heterocycles. The molecule has 0 saturated heterocycles. The minimum Gasteiger partial charge on any atom is -0.494 e. The number of hydrogen-bond donors (Lipinski definition) is 1. The number of rotatable bonds is 4. The molecule has 1 unspecified atom stereocenters. The molecule has 16 heavy (non-hydrogen) atoms. The van der Waals surface area contributed by atoms with Gasteiger partial charge in [0.25, 0.3) is 0 Å². The summed E-state index contributed by atoms with van der Waals surface area (Å²) in [6, 6.07) is 6.55. The molecule has 0 aromatic heterocycles. The maximum Gasteiger partial charge on any atom is 0.119 e. The largest absolute Gasteiger partial charge is 0.494 e. The summed E-state index contributed by atoms with van der Waals surface area (Å²) in [6.45, 7) is 7.12. The van der Waals surface area contributed by atoms with E-state index in [4.69, 9.17) is 4.74 Å². The van der Waals surface area contributed by atoms with Crippen LogP contribution in [-0.4, -0.2) is 13.2 Å². The first-order valence-electron chi connectivity index (χ1n) is 6.31. The second-order valence-corrected chi connectivity index (χ2v) is 4.41. The van der Waals surface area contributed by atoms with Crippen molar-refractivity contribution in [1.82, 2.24) is 5.32 Å². The zero-order valence-electron chi connectivity index (χ0n) is 10.3. The summed E-state index contributed by atoms with van der Waals surface area (Å²) in [4.78, 5) is 0. The molecule has 0 amide bonds. The summed E-state index contributed by atoms with van der Waals surface area (Å²) in [7, 11) is 0. The SMILES string of the molecule is CCCC1CNCc2cc(OCC)ccc21. The van der Waals surface area contributed by atoms with Crippen molar-refractivity contribution >= 4 is 0 Å². The van der Waals surface area contributed by atoms with Gasteiger partial charge >= 0.3 is 0 Å². The highest BCUT2D eigenvalue weighted by Crippen LogP contribution is 2.30. The lowest BCUT2D eigenvalue weighted by Gasteiger charge is -2.26. The van der Waals surface area contributed by atoms with Crippen LogP contribution in [-0.2, 0) is 6.54 Å². The van der Waals surface area contributed by atoms with Gasteiger partial charge in [0.1, 0.15) is 5.75 Å². The molecular formula is C14H21NO. The maximum atomic E-state index is 5.54. The Labute approximate surface area is 98.0 Å². The third-order valence-electron chi connectivity index (χ3n) is 3.21. The summed E-state index contributed by atoms with van der Waals surface area (Å²) in [6.07, 6.45) is 2.52. The Bertz CT molecular complexity index is 349. The van der Waals surface area contributed by atoms with E-state index in [2.05, 4.69) is 30.4 Å². The Hall–Kier alpha value is -1.02. The first-order chi connectivity index (χ1) is 7.85. The second kappa shape index (κ2) is 5.35.